The van der Waals surface area contributed by atoms with Crippen LogP contribution in [0, 0.1) is 5.82 Å². The lowest BCUT2D eigenvalue weighted by atomic mass is 9.79. The van der Waals surface area contributed by atoms with Gasteiger partial charge in [0, 0.05) is 31.5 Å². The third-order valence-electron chi connectivity index (χ3n) is 6.08. The van der Waals surface area contributed by atoms with Gasteiger partial charge >= 0.3 is 0 Å². The molecule has 0 spiro atoms. The van der Waals surface area contributed by atoms with Gasteiger partial charge in [-0.1, -0.05) is 30.3 Å². The van der Waals surface area contributed by atoms with E-state index in [1.807, 2.05) is 48.1 Å². The molecule has 3 atom stereocenters. The number of carbonyl (C=O) groups excluding carboxylic acids is 1. The van der Waals surface area contributed by atoms with Gasteiger partial charge in [0.25, 0.3) is 5.91 Å². The van der Waals surface area contributed by atoms with Crippen molar-refractivity contribution >= 4 is 5.91 Å². The van der Waals surface area contributed by atoms with Crippen LogP contribution in [0.25, 0.3) is 0 Å². The second kappa shape index (κ2) is 8.61. The van der Waals surface area contributed by atoms with Gasteiger partial charge in [0.05, 0.1) is 24.2 Å². The van der Waals surface area contributed by atoms with Crippen molar-refractivity contribution in [3.8, 4) is 0 Å². The first-order chi connectivity index (χ1) is 14.8. The highest BCUT2D eigenvalue weighted by Crippen LogP contribution is 2.38. The van der Waals surface area contributed by atoms with Crippen LogP contribution < -0.4 is 5.32 Å². The number of carbonyl (C=O) groups is 1. The number of benzene rings is 2. The highest BCUT2D eigenvalue weighted by Gasteiger charge is 2.46. The van der Waals surface area contributed by atoms with E-state index in [-0.39, 0.29) is 11.9 Å². The van der Waals surface area contributed by atoms with Crippen LogP contribution in [-0.4, -0.2) is 43.7 Å². The van der Waals surface area contributed by atoms with Crippen molar-refractivity contribution < 1.29 is 14.3 Å². The van der Waals surface area contributed by atoms with Crippen LogP contribution in [0.1, 0.15) is 41.1 Å². The quantitative estimate of drug-likeness (QED) is 0.663. The molecule has 1 aliphatic rings. The minimum atomic E-state index is -1.12. The van der Waals surface area contributed by atoms with Gasteiger partial charge in [0.1, 0.15) is 11.6 Å². The van der Waals surface area contributed by atoms with E-state index >= 15 is 0 Å². The summed E-state index contributed by atoms with van der Waals surface area (Å²) in [5, 5.41) is 14.3. The minimum absolute atomic E-state index is 0.258. The van der Waals surface area contributed by atoms with Crippen molar-refractivity contribution in [2.24, 2.45) is 7.05 Å². The first kappa shape index (κ1) is 21.2. The number of aryl methyl sites for hydroxylation is 1. The van der Waals surface area contributed by atoms with Crippen molar-refractivity contribution in [3.63, 3.8) is 0 Å². The molecule has 4 rings (SSSR count). The second-order valence-corrected chi connectivity index (χ2v) is 8.35. The average Bonchev–Trinajstić information content (AvgIpc) is 3.16. The van der Waals surface area contributed by atoms with Crippen molar-refractivity contribution in [1.29, 1.82) is 0 Å². The molecule has 0 radical (unpaired) electrons. The molecule has 2 heterocycles. The molecule has 0 aliphatic carbocycles. The maximum Gasteiger partial charge on any atom is 0.251 e. The molecule has 3 unspecified atom stereocenters. The summed E-state index contributed by atoms with van der Waals surface area (Å²) in [5.41, 5.74) is 0.236. The maximum atomic E-state index is 13.3. The first-order valence-electron chi connectivity index (χ1n) is 10.4. The first-order valence-corrected chi connectivity index (χ1v) is 10.4. The Balaban J connectivity index is 1.68. The number of rotatable bonds is 5. The van der Waals surface area contributed by atoms with Crippen molar-refractivity contribution in [3.05, 3.63) is 89.8 Å². The number of piperidine rings is 1. The number of hydrogen-bond acceptors (Lipinski definition) is 4. The molecule has 1 aromatic heterocycles. The fraction of sp³-hybridized carbons (Fsp3) is 0.333. The van der Waals surface area contributed by atoms with E-state index in [0.717, 1.165) is 11.4 Å². The van der Waals surface area contributed by atoms with E-state index in [1.54, 1.807) is 13.1 Å². The smallest absolute Gasteiger partial charge is 0.251 e. The van der Waals surface area contributed by atoms with E-state index in [0.29, 0.717) is 25.1 Å². The third kappa shape index (κ3) is 4.52. The number of nitrogens with zero attached hydrogens (tertiary/aromatic N) is 3. The zero-order valence-electron chi connectivity index (χ0n) is 17.7. The Morgan fingerprint density at radius 2 is 1.94 bits per heavy atom. The number of hydrogen-bond donors (Lipinski definition) is 2. The molecule has 1 aliphatic heterocycles. The summed E-state index contributed by atoms with van der Waals surface area (Å²) in [6, 6.07) is 14.5. The highest BCUT2D eigenvalue weighted by atomic mass is 19.1. The number of likely N-dealkylation sites (tertiary alicyclic amines) is 1. The van der Waals surface area contributed by atoms with Crippen LogP contribution in [0.2, 0.25) is 0 Å². The van der Waals surface area contributed by atoms with Gasteiger partial charge in [-0.25, -0.2) is 9.37 Å². The molecule has 2 N–H and O–H groups in total. The summed E-state index contributed by atoms with van der Waals surface area (Å²) in [5.74, 6) is 0.167. The minimum Gasteiger partial charge on any atom is -0.388 e. The summed E-state index contributed by atoms with van der Waals surface area (Å²) < 4.78 is 15.3. The zero-order valence-corrected chi connectivity index (χ0v) is 17.7. The molecule has 6 nitrogen and oxygen atoms in total. The lowest BCUT2D eigenvalue weighted by Gasteiger charge is -2.49. The van der Waals surface area contributed by atoms with Crippen LogP contribution in [0.3, 0.4) is 0 Å². The van der Waals surface area contributed by atoms with Gasteiger partial charge in [-0.15, -0.1) is 0 Å². The number of aliphatic hydroxyl groups is 1. The molecule has 0 saturated carbocycles. The number of aromatic nitrogens is 2. The molecule has 2 aromatic carbocycles. The molecule has 1 amide bonds. The monoisotopic (exact) mass is 422 g/mol. The summed E-state index contributed by atoms with van der Waals surface area (Å²) in [6.07, 6.45) is 4.16. The summed E-state index contributed by atoms with van der Waals surface area (Å²) in [4.78, 5) is 19.7. The van der Waals surface area contributed by atoms with Gasteiger partial charge in [0.15, 0.2) is 0 Å². The largest absolute Gasteiger partial charge is 0.388 e. The van der Waals surface area contributed by atoms with Gasteiger partial charge in [-0.3, -0.25) is 9.69 Å². The standard InChI is InChI=1S/C24H27FN4O2/c1-24(31)12-14-29(16-20-26-13-15-28(20)2)21(17-6-4-3-5-7-17)22(24)27-23(30)18-8-10-19(25)11-9-18/h3-11,13,15,21-22,31H,12,14,16H2,1-2H3,(H,27,30). The molecule has 3 aromatic rings. The van der Waals surface area contributed by atoms with Crippen LogP contribution in [-0.2, 0) is 13.6 Å². The predicted octanol–water partition coefficient (Wildman–Crippen LogP) is 3.06. The Kier molecular flexibility index (Phi) is 5.89. The molecule has 7 heteroatoms. The molecule has 0 bridgehead atoms. The molecule has 1 saturated heterocycles. The number of nitrogens with one attached hydrogen (secondary N) is 1. The summed E-state index contributed by atoms with van der Waals surface area (Å²) in [7, 11) is 1.95. The number of imidazole rings is 1. The van der Waals surface area contributed by atoms with Crippen LogP contribution in [0.4, 0.5) is 4.39 Å². The van der Waals surface area contributed by atoms with E-state index < -0.39 is 17.5 Å². The topological polar surface area (TPSA) is 70.4 Å². The van der Waals surface area contributed by atoms with Crippen LogP contribution in [0.5, 0.6) is 0 Å². The number of amides is 1. The van der Waals surface area contributed by atoms with Crippen LogP contribution >= 0.6 is 0 Å². The summed E-state index contributed by atoms with van der Waals surface area (Å²) >= 11 is 0. The lowest BCUT2D eigenvalue weighted by molar-refractivity contribution is -0.0672. The zero-order chi connectivity index (χ0) is 22.0. The molecule has 162 valence electrons. The van der Waals surface area contributed by atoms with Crippen molar-refractivity contribution in [2.75, 3.05) is 6.54 Å². The van der Waals surface area contributed by atoms with Gasteiger partial charge in [0.2, 0.25) is 0 Å². The Bertz CT molecular complexity index is 1030. The molecule has 1 fully saturated rings. The fourth-order valence-electron chi connectivity index (χ4n) is 4.24. The maximum absolute atomic E-state index is 13.3. The molecule has 31 heavy (non-hydrogen) atoms. The SMILES string of the molecule is Cn1ccnc1CN1CCC(C)(O)C(NC(=O)c2ccc(F)cc2)C1c1ccccc1. The van der Waals surface area contributed by atoms with Crippen molar-refractivity contribution in [1.82, 2.24) is 19.8 Å². The van der Waals surface area contributed by atoms with Crippen molar-refractivity contribution in [2.45, 2.75) is 37.6 Å². The Morgan fingerprint density at radius 1 is 1.23 bits per heavy atom. The number of halogens is 1. The normalized spacial score (nSPS) is 24.1. The Labute approximate surface area is 181 Å². The fourth-order valence-corrected chi connectivity index (χ4v) is 4.24. The second-order valence-electron chi connectivity index (χ2n) is 8.35. The Hall–Kier alpha value is -3.03. The highest BCUT2D eigenvalue weighted by molar-refractivity contribution is 5.94. The summed E-state index contributed by atoms with van der Waals surface area (Å²) in [6.45, 7) is 3.00. The van der Waals surface area contributed by atoms with E-state index in [4.69, 9.17) is 0 Å². The third-order valence-corrected chi connectivity index (χ3v) is 6.08. The van der Waals surface area contributed by atoms with E-state index in [1.165, 1.54) is 24.3 Å². The Morgan fingerprint density at radius 3 is 2.58 bits per heavy atom. The van der Waals surface area contributed by atoms with E-state index in [9.17, 15) is 14.3 Å². The predicted molar refractivity (Wildman–Crippen MR) is 116 cm³/mol. The van der Waals surface area contributed by atoms with Gasteiger partial charge in [-0.05, 0) is 43.2 Å². The van der Waals surface area contributed by atoms with Gasteiger partial charge < -0.3 is 15.0 Å². The average molecular weight is 423 g/mol. The lowest BCUT2D eigenvalue weighted by Crippen LogP contribution is -2.62. The molecular weight excluding hydrogens is 395 g/mol. The van der Waals surface area contributed by atoms with E-state index in [2.05, 4.69) is 15.2 Å². The molecular formula is C24H27FN4O2. The van der Waals surface area contributed by atoms with Gasteiger partial charge in [-0.2, -0.15) is 0 Å². The van der Waals surface area contributed by atoms with Crippen LogP contribution in [0.15, 0.2) is 67.0 Å².